The van der Waals surface area contributed by atoms with Crippen LogP contribution in [-0.4, -0.2) is 28.4 Å². The van der Waals surface area contributed by atoms with Gasteiger partial charge in [-0.2, -0.15) is 0 Å². The summed E-state index contributed by atoms with van der Waals surface area (Å²) in [6.07, 6.45) is 0. The Morgan fingerprint density at radius 2 is 2.24 bits per heavy atom. The molecule has 2 aromatic rings. The zero-order chi connectivity index (χ0) is 12.4. The Labute approximate surface area is 101 Å². The summed E-state index contributed by atoms with van der Waals surface area (Å²) < 4.78 is 9.49. The van der Waals surface area contributed by atoms with E-state index in [1.807, 2.05) is 0 Å². The van der Waals surface area contributed by atoms with E-state index < -0.39 is 5.97 Å². The van der Waals surface area contributed by atoms with Crippen LogP contribution < -0.4 is 0 Å². The van der Waals surface area contributed by atoms with Crippen molar-refractivity contribution in [3.63, 3.8) is 0 Å². The van der Waals surface area contributed by atoms with E-state index in [9.17, 15) is 9.90 Å². The van der Waals surface area contributed by atoms with Crippen molar-refractivity contribution in [3.8, 4) is 17.2 Å². The highest BCUT2D eigenvalue weighted by molar-refractivity contribution is 6.33. The lowest BCUT2D eigenvalue weighted by Gasteiger charge is -1.99. The fraction of sp³-hybridized carbons (Fsp3) is 0.100. The zero-order valence-corrected chi connectivity index (χ0v) is 9.43. The summed E-state index contributed by atoms with van der Waals surface area (Å²) in [6, 6.07) is 4.26. The molecule has 1 heterocycles. The van der Waals surface area contributed by atoms with Crippen molar-refractivity contribution in [2.45, 2.75) is 0 Å². The van der Waals surface area contributed by atoms with Crippen LogP contribution in [0.5, 0.6) is 5.75 Å². The number of nitrogens with zero attached hydrogens (tertiary/aromatic N) is 2. The van der Waals surface area contributed by atoms with Crippen LogP contribution in [0.4, 0.5) is 0 Å². The molecule has 0 fully saturated rings. The van der Waals surface area contributed by atoms with E-state index in [4.69, 9.17) is 16.0 Å². The first-order chi connectivity index (χ1) is 8.11. The molecule has 0 aliphatic heterocycles. The average molecular weight is 255 g/mol. The quantitative estimate of drug-likeness (QED) is 0.824. The Balaban J connectivity index is 2.43. The second-order valence-electron chi connectivity index (χ2n) is 3.07. The number of rotatable bonds is 2. The molecule has 2 rings (SSSR count). The summed E-state index contributed by atoms with van der Waals surface area (Å²) in [5.41, 5.74) is 0.342. The van der Waals surface area contributed by atoms with Crippen molar-refractivity contribution in [3.05, 3.63) is 29.1 Å². The number of carbonyl (C=O) groups is 1. The van der Waals surface area contributed by atoms with Gasteiger partial charge in [0.05, 0.1) is 17.7 Å². The monoisotopic (exact) mass is 254 g/mol. The number of phenols is 1. The molecular formula is C10H7ClN2O4. The minimum Gasteiger partial charge on any atom is -0.508 e. The number of hydrogen-bond acceptors (Lipinski definition) is 6. The Kier molecular flexibility index (Phi) is 2.97. The van der Waals surface area contributed by atoms with Crippen molar-refractivity contribution in [2.75, 3.05) is 7.11 Å². The maximum atomic E-state index is 11.1. The maximum absolute atomic E-state index is 11.1. The third-order valence-corrected chi connectivity index (χ3v) is 2.29. The smallest absolute Gasteiger partial charge is 0.396 e. The second kappa shape index (κ2) is 4.42. The van der Waals surface area contributed by atoms with Crippen LogP contribution in [0.15, 0.2) is 22.6 Å². The minimum absolute atomic E-state index is 0.00205. The minimum atomic E-state index is -0.736. The predicted octanol–water partition coefficient (Wildman–Crippen LogP) is 1.88. The number of esters is 1. The maximum Gasteiger partial charge on any atom is 0.396 e. The number of methoxy groups -OCH3 is 1. The molecule has 6 nitrogen and oxygen atoms in total. The third kappa shape index (κ3) is 2.21. The lowest BCUT2D eigenvalue weighted by Crippen LogP contribution is -2.00. The first-order valence-electron chi connectivity index (χ1n) is 4.52. The van der Waals surface area contributed by atoms with Crippen molar-refractivity contribution >= 4 is 17.6 Å². The number of carbonyl (C=O) groups excluding carboxylic acids is 1. The van der Waals surface area contributed by atoms with Gasteiger partial charge in [-0.05, 0) is 18.2 Å². The van der Waals surface area contributed by atoms with Gasteiger partial charge in [-0.25, -0.2) is 4.79 Å². The van der Waals surface area contributed by atoms with Gasteiger partial charge >= 0.3 is 11.9 Å². The molecule has 0 aliphatic rings. The van der Waals surface area contributed by atoms with Gasteiger partial charge < -0.3 is 14.3 Å². The van der Waals surface area contributed by atoms with Crippen LogP contribution in [-0.2, 0) is 4.74 Å². The van der Waals surface area contributed by atoms with Gasteiger partial charge in [0.1, 0.15) is 5.75 Å². The molecule has 17 heavy (non-hydrogen) atoms. The summed E-state index contributed by atoms with van der Waals surface area (Å²) in [6.45, 7) is 0. The number of benzene rings is 1. The van der Waals surface area contributed by atoms with E-state index in [0.717, 1.165) is 0 Å². The van der Waals surface area contributed by atoms with Gasteiger partial charge in [0.25, 0.3) is 0 Å². The van der Waals surface area contributed by atoms with Crippen LogP contribution in [0.25, 0.3) is 11.5 Å². The standard InChI is InChI=1S/C10H7ClN2O4/c1-16-10(15)9-13-12-8(17-9)6-4-5(14)2-3-7(6)11/h2-4,14H,1H3. The molecule has 0 amide bonds. The summed E-state index contributed by atoms with van der Waals surface area (Å²) in [5.74, 6) is -0.976. The van der Waals surface area contributed by atoms with Gasteiger partial charge in [0.2, 0.25) is 5.89 Å². The molecule has 0 bridgehead atoms. The van der Waals surface area contributed by atoms with Crippen LogP contribution in [0.2, 0.25) is 5.02 Å². The summed E-state index contributed by atoms with van der Waals surface area (Å²) in [7, 11) is 1.20. The molecule has 0 atom stereocenters. The average Bonchev–Trinajstić information content (AvgIpc) is 2.80. The lowest BCUT2D eigenvalue weighted by atomic mass is 10.2. The normalized spacial score (nSPS) is 10.2. The molecule has 1 aromatic heterocycles. The molecule has 88 valence electrons. The largest absolute Gasteiger partial charge is 0.508 e. The van der Waals surface area contributed by atoms with Crippen molar-refractivity contribution in [2.24, 2.45) is 0 Å². The highest BCUT2D eigenvalue weighted by Gasteiger charge is 2.17. The number of halogens is 1. The highest BCUT2D eigenvalue weighted by Crippen LogP contribution is 2.30. The fourth-order valence-electron chi connectivity index (χ4n) is 1.18. The van der Waals surface area contributed by atoms with Gasteiger partial charge in [-0.15, -0.1) is 10.2 Å². The summed E-state index contributed by atoms with van der Waals surface area (Å²) in [5, 5.41) is 16.8. The van der Waals surface area contributed by atoms with E-state index >= 15 is 0 Å². The predicted molar refractivity (Wildman–Crippen MR) is 57.7 cm³/mol. The number of ether oxygens (including phenoxy) is 1. The van der Waals surface area contributed by atoms with E-state index in [1.165, 1.54) is 25.3 Å². The van der Waals surface area contributed by atoms with Crippen LogP contribution >= 0.6 is 11.6 Å². The number of aromatic nitrogens is 2. The van der Waals surface area contributed by atoms with Crippen LogP contribution in [0.3, 0.4) is 0 Å². The molecule has 7 heteroatoms. The van der Waals surface area contributed by atoms with Gasteiger partial charge in [-0.3, -0.25) is 0 Å². The first-order valence-corrected chi connectivity index (χ1v) is 4.90. The third-order valence-electron chi connectivity index (χ3n) is 1.97. The number of aromatic hydroxyl groups is 1. The lowest BCUT2D eigenvalue weighted by molar-refractivity contribution is 0.0556. The topological polar surface area (TPSA) is 85.5 Å². The zero-order valence-electron chi connectivity index (χ0n) is 8.68. The van der Waals surface area contributed by atoms with Crippen molar-refractivity contribution < 1.29 is 19.1 Å². The van der Waals surface area contributed by atoms with E-state index in [2.05, 4.69) is 14.9 Å². The molecule has 1 N–H and O–H groups in total. The van der Waals surface area contributed by atoms with E-state index in [0.29, 0.717) is 10.6 Å². The van der Waals surface area contributed by atoms with E-state index in [1.54, 1.807) is 0 Å². The molecule has 0 spiro atoms. The summed E-state index contributed by atoms with van der Waals surface area (Å²) >= 11 is 5.90. The molecular weight excluding hydrogens is 248 g/mol. The Morgan fingerprint density at radius 1 is 1.47 bits per heavy atom. The molecule has 0 aliphatic carbocycles. The number of phenolic OH excluding ortho intramolecular Hbond substituents is 1. The SMILES string of the molecule is COC(=O)c1nnc(-c2cc(O)ccc2Cl)o1. The Morgan fingerprint density at radius 3 is 2.94 bits per heavy atom. The van der Waals surface area contributed by atoms with Gasteiger partial charge in [-0.1, -0.05) is 11.6 Å². The van der Waals surface area contributed by atoms with Gasteiger partial charge in [0, 0.05) is 0 Å². The molecule has 0 saturated carbocycles. The highest BCUT2D eigenvalue weighted by atomic mass is 35.5. The first kappa shape index (κ1) is 11.4. The fourth-order valence-corrected chi connectivity index (χ4v) is 1.38. The van der Waals surface area contributed by atoms with Crippen molar-refractivity contribution in [1.82, 2.24) is 10.2 Å². The van der Waals surface area contributed by atoms with Crippen LogP contribution in [0.1, 0.15) is 10.7 Å². The molecule has 0 radical (unpaired) electrons. The second-order valence-corrected chi connectivity index (χ2v) is 3.48. The Hall–Kier alpha value is -2.08. The van der Waals surface area contributed by atoms with Crippen LogP contribution in [0, 0.1) is 0 Å². The molecule has 0 saturated heterocycles. The molecule has 1 aromatic carbocycles. The van der Waals surface area contributed by atoms with E-state index in [-0.39, 0.29) is 17.5 Å². The van der Waals surface area contributed by atoms with Crippen molar-refractivity contribution in [1.29, 1.82) is 0 Å². The van der Waals surface area contributed by atoms with Gasteiger partial charge in [0.15, 0.2) is 0 Å². The summed E-state index contributed by atoms with van der Waals surface area (Å²) in [4.78, 5) is 11.1. The molecule has 0 unspecified atom stereocenters. The Bertz CT molecular complexity index is 567. The number of hydrogen-bond donors (Lipinski definition) is 1.